The average molecular weight is 213 g/mol. The normalized spacial score (nSPS) is 29.0. The molecule has 0 radical (unpaired) electrons. The Morgan fingerprint density at radius 3 is 2.27 bits per heavy atom. The van der Waals surface area contributed by atoms with E-state index in [9.17, 15) is 5.11 Å². The van der Waals surface area contributed by atoms with E-state index in [4.69, 9.17) is 5.73 Å². The minimum Gasteiger partial charge on any atom is -0.395 e. The first-order chi connectivity index (χ1) is 7.22. The molecule has 4 nitrogen and oxygen atoms in total. The minimum absolute atomic E-state index is 0.0578. The Hall–Kier alpha value is -0.160. The van der Waals surface area contributed by atoms with Gasteiger partial charge in [-0.25, -0.2) is 0 Å². The van der Waals surface area contributed by atoms with Crippen molar-refractivity contribution in [1.29, 1.82) is 0 Å². The zero-order valence-corrected chi connectivity index (χ0v) is 9.60. The molecule has 15 heavy (non-hydrogen) atoms. The van der Waals surface area contributed by atoms with Gasteiger partial charge in [0, 0.05) is 44.3 Å². The fraction of sp³-hybridized carbons (Fsp3) is 1.00. The fourth-order valence-electron chi connectivity index (χ4n) is 2.49. The quantitative estimate of drug-likeness (QED) is 0.659. The molecular formula is C11H23N3O. The van der Waals surface area contributed by atoms with Crippen LogP contribution in [0.1, 0.15) is 19.8 Å². The van der Waals surface area contributed by atoms with Gasteiger partial charge >= 0.3 is 0 Å². The molecule has 0 aromatic carbocycles. The van der Waals surface area contributed by atoms with Crippen molar-refractivity contribution in [2.24, 2.45) is 5.73 Å². The van der Waals surface area contributed by atoms with Crippen LogP contribution in [0, 0.1) is 0 Å². The molecule has 0 aromatic rings. The van der Waals surface area contributed by atoms with Crippen LogP contribution in [0.15, 0.2) is 0 Å². The van der Waals surface area contributed by atoms with E-state index in [1.54, 1.807) is 0 Å². The molecule has 1 aliphatic carbocycles. The van der Waals surface area contributed by atoms with Crippen LogP contribution in [0.2, 0.25) is 0 Å². The maximum atomic E-state index is 9.30. The zero-order chi connectivity index (χ0) is 10.8. The van der Waals surface area contributed by atoms with Crippen molar-refractivity contribution in [3.8, 4) is 0 Å². The number of piperazine rings is 1. The van der Waals surface area contributed by atoms with Gasteiger partial charge in [-0.2, -0.15) is 0 Å². The molecule has 2 aliphatic rings. The highest BCUT2D eigenvalue weighted by molar-refractivity contribution is 4.90. The van der Waals surface area contributed by atoms with E-state index < -0.39 is 0 Å². The molecule has 0 bridgehead atoms. The maximum absolute atomic E-state index is 9.30. The number of aliphatic hydroxyl groups is 1. The van der Waals surface area contributed by atoms with Crippen LogP contribution in [0.5, 0.6) is 0 Å². The van der Waals surface area contributed by atoms with E-state index in [1.165, 1.54) is 12.8 Å². The summed E-state index contributed by atoms with van der Waals surface area (Å²) in [5, 5.41) is 9.30. The van der Waals surface area contributed by atoms with Crippen molar-refractivity contribution in [3.63, 3.8) is 0 Å². The summed E-state index contributed by atoms with van der Waals surface area (Å²) in [7, 11) is 0. The van der Waals surface area contributed by atoms with Crippen LogP contribution in [-0.4, -0.2) is 65.8 Å². The second-order valence-electron chi connectivity index (χ2n) is 4.91. The third-order valence-corrected chi connectivity index (χ3v) is 3.68. The number of hydrogen-bond acceptors (Lipinski definition) is 4. The number of hydrogen-bond donors (Lipinski definition) is 2. The Morgan fingerprint density at radius 2 is 1.87 bits per heavy atom. The zero-order valence-electron chi connectivity index (χ0n) is 9.60. The van der Waals surface area contributed by atoms with Gasteiger partial charge in [0.05, 0.1) is 6.61 Å². The lowest BCUT2D eigenvalue weighted by molar-refractivity contribution is 0.0533. The minimum atomic E-state index is 0.0578. The molecule has 3 N–H and O–H groups in total. The van der Waals surface area contributed by atoms with Gasteiger partial charge in [-0.15, -0.1) is 0 Å². The summed E-state index contributed by atoms with van der Waals surface area (Å²) in [5.41, 5.74) is 5.87. The predicted octanol–water partition coefficient (Wildman–Crippen LogP) is -0.525. The van der Waals surface area contributed by atoms with E-state index in [-0.39, 0.29) is 18.7 Å². The first-order valence-corrected chi connectivity index (χ1v) is 6.07. The summed E-state index contributed by atoms with van der Waals surface area (Å²) < 4.78 is 0. The molecule has 2 fully saturated rings. The van der Waals surface area contributed by atoms with E-state index in [1.807, 2.05) is 6.92 Å². The van der Waals surface area contributed by atoms with E-state index in [2.05, 4.69) is 9.80 Å². The lowest BCUT2D eigenvalue weighted by atomic mass is 10.1. The Bertz CT molecular complexity index is 198. The first kappa shape index (κ1) is 11.3. The summed E-state index contributed by atoms with van der Waals surface area (Å²) in [6.07, 6.45) is 2.77. The SMILES string of the molecule is CC(N)C(CO)N1CCN(C2CC2)CC1. The van der Waals surface area contributed by atoms with Gasteiger partial charge in [0.15, 0.2) is 0 Å². The number of aliphatic hydroxyl groups excluding tert-OH is 1. The highest BCUT2D eigenvalue weighted by atomic mass is 16.3. The first-order valence-electron chi connectivity index (χ1n) is 6.07. The van der Waals surface area contributed by atoms with Crippen LogP contribution in [-0.2, 0) is 0 Å². The average Bonchev–Trinajstić information content (AvgIpc) is 3.03. The number of nitrogens with zero attached hydrogens (tertiary/aromatic N) is 2. The summed E-state index contributed by atoms with van der Waals surface area (Å²) in [4.78, 5) is 4.91. The summed E-state index contributed by atoms with van der Waals surface area (Å²) in [6, 6.07) is 1.07. The van der Waals surface area contributed by atoms with Crippen molar-refractivity contribution in [1.82, 2.24) is 9.80 Å². The van der Waals surface area contributed by atoms with Crippen molar-refractivity contribution in [2.45, 2.75) is 37.9 Å². The van der Waals surface area contributed by atoms with Gasteiger partial charge in [0.25, 0.3) is 0 Å². The Morgan fingerprint density at radius 1 is 1.27 bits per heavy atom. The van der Waals surface area contributed by atoms with Crippen molar-refractivity contribution < 1.29 is 5.11 Å². The topological polar surface area (TPSA) is 52.7 Å². The molecule has 88 valence electrons. The van der Waals surface area contributed by atoms with E-state index >= 15 is 0 Å². The highest BCUT2D eigenvalue weighted by Crippen LogP contribution is 2.27. The molecule has 0 spiro atoms. The monoisotopic (exact) mass is 213 g/mol. The van der Waals surface area contributed by atoms with Crippen LogP contribution in [0.25, 0.3) is 0 Å². The van der Waals surface area contributed by atoms with E-state index in [0.717, 1.165) is 32.2 Å². The standard InChI is InChI=1S/C11H23N3O/c1-9(12)11(8-15)14-6-4-13(5-7-14)10-2-3-10/h9-11,15H,2-8,12H2,1H3. The van der Waals surface area contributed by atoms with Crippen LogP contribution < -0.4 is 5.73 Å². The van der Waals surface area contributed by atoms with Gasteiger partial charge in [-0.05, 0) is 19.8 Å². The molecule has 4 heteroatoms. The van der Waals surface area contributed by atoms with Crippen molar-refractivity contribution in [2.75, 3.05) is 32.8 Å². The van der Waals surface area contributed by atoms with Gasteiger partial charge in [0.2, 0.25) is 0 Å². The van der Waals surface area contributed by atoms with Crippen LogP contribution in [0.3, 0.4) is 0 Å². The fourth-order valence-corrected chi connectivity index (χ4v) is 2.49. The lowest BCUT2D eigenvalue weighted by Gasteiger charge is -2.40. The maximum Gasteiger partial charge on any atom is 0.0601 e. The summed E-state index contributed by atoms with van der Waals surface area (Å²) >= 11 is 0. The van der Waals surface area contributed by atoms with Gasteiger partial charge in [-0.3, -0.25) is 9.80 Å². The third kappa shape index (κ3) is 2.69. The Labute approximate surface area is 92.0 Å². The van der Waals surface area contributed by atoms with Crippen molar-refractivity contribution in [3.05, 3.63) is 0 Å². The number of rotatable bonds is 4. The summed E-state index contributed by atoms with van der Waals surface area (Å²) in [5.74, 6) is 0. The van der Waals surface area contributed by atoms with Crippen LogP contribution >= 0.6 is 0 Å². The third-order valence-electron chi connectivity index (χ3n) is 3.68. The Kier molecular flexibility index (Phi) is 3.61. The second kappa shape index (κ2) is 4.78. The highest BCUT2D eigenvalue weighted by Gasteiger charge is 2.33. The van der Waals surface area contributed by atoms with Gasteiger partial charge < -0.3 is 10.8 Å². The molecule has 1 saturated carbocycles. The smallest absolute Gasteiger partial charge is 0.0601 e. The molecule has 2 atom stereocenters. The molecule has 0 amide bonds. The van der Waals surface area contributed by atoms with Gasteiger partial charge in [0.1, 0.15) is 0 Å². The molecule has 1 saturated heterocycles. The van der Waals surface area contributed by atoms with Crippen molar-refractivity contribution >= 4 is 0 Å². The predicted molar refractivity (Wildman–Crippen MR) is 60.7 cm³/mol. The largest absolute Gasteiger partial charge is 0.395 e. The van der Waals surface area contributed by atoms with Gasteiger partial charge in [-0.1, -0.05) is 0 Å². The molecule has 0 aromatic heterocycles. The number of nitrogens with two attached hydrogens (primary N) is 1. The second-order valence-corrected chi connectivity index (χ2v) is 4.91. The molecule has 2 rings (SSSR count). The van der Waals surface area contributed by atoms with Crippen LogP contribution in [0.4, 0.5) is 0 Å². The lowest BCUT2D eigenvalue weighted by Crippen LogP contribution is -2.56. The summed E-state index contributed by atoms with van der Waals surface area (Å²) in [6.45, 7) is 6.57. The Balaban J connectivity index is 1.80. The molecule has 1 heterocycles. The molecule has 2 unspecified atom stereocenters. The van der Waals surface area contributed by atoms with E-state index in [0.29, 0.717) is 0 Å². The molecule has 1 aliphatic heterocycles. The molecular weight excluding hydrogens is 190 g/mol.